The Bertz CT molecular complexity index is 248. The number of nitrogens with zero attached hydrogens (tertiary/aromatic N) is 1. The van der Waals surface area contributed by atoms with Gasteiger partial charge in [-0.2, -0.15) is 0 Å². The summed E-state index contributed by atoms with van der Waals surface area (Å²) in [6, 6.07) is 1.59. The topological polar surface area (TPSA) is 15.3 Å². The SMILES string of the molecule is CCCN(CC1CCCCN1)C1CCCC(C)C1C. The van der Waals surface area contributed by atoms with Crippen LogP contribution in [0.2, 0.25) is 0 Å². The van der Waals surface area contributed by atoms with Crippen molar-refractivity contribution in [3.8, 4) is 0 Å². The lowest BCUT2D eigenvalue weighted by molar-refractivity contribution is 0.0696. The van der Waals surface area contributed by atoms with Gasteiger partial charge in [0.1, 0.15) is 0 Å². The third-order valence-corrected chi connectivity index (χ3v) is 5.51. The summed E-state index contributed by atoms with van der Waals surface area (Å²) in [7, 11) is 0. The first-order valence-electron chi connectivity index (χ1n) is 8.69. The second-order valence-corrected chi connectivity index (χ2v) is 6.98. The number of hydrogen-bond acceptors (Lipinski definition) is 2. The fourth-order valence-corrected chi connectivity index (χ4v) is 4.11. The van der Waals surface area contributed by atoms with Crippen molar-refractivity contribution in [1.29, 1.82) is 0 Å². The zero-order chi connectivity index (χ0) is 13.7. The molecule has 2 fully saturated rings. The van der Waals surface area contributed by atoms with Crippen molar-refractivity contribution in [2.75, 3.05) is 19.6 Å². The Kier molecular flexibility index (Phi) is 6.15. The fourth-order valence-electron chi connectivity index (χ4n) is 4.11. The number of hydrogen-bond donors (Lipinski definition) is 1. The molecule has 1 saturated heterocycles. The van der Waals surface area contributed by atoms with Crippen LogP contribution in [0.15, 0.2) is 0 Å². The molecule has 0 bridgehead atoms. The lowest BCUT2D eigenvalue weighted by atomic mass is 9.77. The molecule has 1 aliphatic carbocycles. The summed E-state index contributed by atoms with van der Waals surface area (Å²) in [4.78, 5) is 2.82. The van der Waals surface area contributed by atoms with E-state index in [0.717, 1.165) is 23.9 Å². The van der Waals surface area contributed by atoms with Crippen molar-refractivity contribution in [3.63, 3.8) is 0 Å². The molecular weight excluding hydrogens is 232 g/mol. The van der Waals surface area contributed by atoms with Gasteiger partial charge in [0, 0.05) is 18.6 Å². The first-order chi connectivity index (χ1) is 9.22. The van der Waals surface area contributed by atoms with E-state index in [-0.39, 0.29) is 0 Å². The van der Waals surface area contributed by atoms with Crippen LogP contribution in [0.3, 0.4) is 0 Å². The van der Waals surface area contributed by atoms with Crippen LogP contribution in [0.1, 0.15) is 65.7 Å². The second-order valence-electron chi connectivity index (χ2n) is 6.98. The minimum absolute atomic E-state index is 0.754. The molecule has 2 rings (SSSR count). The molecule has 0 aromatic carbocycles. The highest BCUT2D eigenvalue weighted by molar-refractivity contribution is 4.87. The molecule has 4 unspecified atom stereocenters. The second kappa shape index (κ2) is 7.64. The van der Waals surface area contributed by atoms with E-state index in [0.29, 0.717) is 0 Å². The van der Waals surface area contributed by atoms with Gasteiger partial charge in [0.15, 0.2) is 0 Å². The summed E-state index contributed by atoms with van der Waals surface area (Å²) in [6.07, 6.45) is 9.79. The minimum Gasteiger partial charge on any atom is -0.313 e. The Labute approximate surface area is 120 Å². The maximum atomic E-state index is 3.73. The molecular formula is C17H34N2. The molecule has 0 amide bonds. The Morgan fingerprint density at radius 1 is 1.05 bits per heavy atom. The van der Waals surface area contributed by atoms with E-state index in [1.165, 1.54) is 64.6 Å². The van der Waals surface area contributed by atoms with Crippen molar-refractivity contribution in [2.45, 2.75) is 77.8 Å². The highest BCUT2D eigenvalue weighted by Crippen LogP contribution is 2.33. The molecule has 0 spiro atoms. The molecule has 1 heterocycles. The summed E-state index contributed by atoms with van der Waals surface area (Å²) >= 11 is 0. The Balaban J connectivity index is 1.93. The fraction of sp³-hybridized carbons (Fsp3) is 1.00. The van der Waals surface area contributed by atoms with Crippen LogP contribution < -0.4 is 5.32 Å². The molecule has 4 atom stereocenters. The first kappa shape index (κ1) is 15.3. The van der Waals surface area contributed by atoms with Crippen LogP contribution in [0.25, 0.3) is 0 Å². The monoisotopic (exact) mass is 266 g/mol. The quantitative estimate of drug-likeness (QED) is 0.817. The first-order valence-corrected chi connectivity index (χ1v) is 8.69. The smallest absolute Gasteiger partial charge is 0.0195 e. The summed E-state index contributed by atoms with van der Waals surface area (Å²) in [5, 5.41) is 3.73. The van der Waals surface area contributed by atoms with E-state index >= 15 is 0 Å². The number of rotatable bonds is 5. The zero-order valence-electron chi connectivity index (χ0n) is 13.3. The predicted molar refractivity (Wildman–Crippen MR) is 83.5 cm³/mol. The summed E-state index contributed by atoms with van der Waals surface area (Å²) in [5.41, 5.74) is 0. The predicted octanol–water partition coefficient (Wildman–Crippen LogP) is 3.67. The molecule has 2 nitrogen and oxygen atoms in total. The molecule has 19 heavy (non-hydrogen) atoms. The molecule has 112 valence electrons. The average Bonchev–Trinajstić information content (AvgIpc) is 2.43. The molecule has 2 aliphatic rings. The normalized spacial score (nSPS) is 36.6. The summed E-state index contributed by atoms with van der Waals surface area (Å²) in [5.74, 6) is 1.79. The van der Waals surface area contributed by atoms with Crippen molar-refractivity contribution < 1.29 is 0 Å². The van der Waals surface area contributed by atoms with Crippen molar-refractivity contribution >= 4 is 0 Å². The molecule has 0 aromatic heterocycles. The van der Waals surface area contributed by atoms with Crippen LogP contribution >= 0.6 is 0 Å². The van der Waals surface area contributed by atoms with Crippen LogP contribution in [-0.4, -0.2) is 36.6 Å². The van der Waals surface area contributed by atoms with Gasteiger partial charge in [0.25, 0.3) is 0 Å². The highest BCUT2D eigenvalue weighted by Gasteiger charge is 2.32. The van der Waals surface area contributed by atoms with E-state index in [1.807, 2.05) is 0 Å². The maximum Gasteiger partial charge on any atom is 0.0195 e. The Hall–Kier alpha value is -0.0800. The van der Waals surface area contributed by atoms with Gasteiger partial charge >= 0.3 is 0 Å². The Morgan fingerprint density at radius 2 is 1.89 bits per heavy atom. The third kappa shape index (κ3) is 4.19. The third-order valence-electron chi connectivity index (χ3n) is 5.51. The largest absolute Gasteiger partial charge is 0.313 e. The molecule has 0 radical (unpaired) electrons. The van der Waals surface area contributed by atoms with E-state index < -0.39 is 0 Å². The Morgan fingerprint density at radius 3 is 2.58 bits per heavy atom. The van der Waals surface area contributed by atoms with Crippen LogP contribution in [0.4, 0.5) is 0 Å². The van der Waals surface area contributed by atoms with Crippen LogP contribution in [0.5, 0.6) is 0 Å². The van der Waals surface area contributed by atoms with Crippen molar-refractivity contribution in [2.24, 2.45) is 11.8 Å². The average molecular weight is 266 g/mol. The van der Waals surface area contributed by atoms with Crippen LogP contribution in [0, 0.1) is 11.8 Å². The number of nitrogens with one attached hydrogen (secondary N) is 1. The van der Waals surface area contributed by atoms with E-state index in [9.17, 15) is 0 Å². The van der Waals surface area contributed by atoms with Gasteiger partial charge in [-0.1, -0.05) is 40.0 Å². The lowest BCUT2D eigenvalue weighted by Crippen LogP contribution is -2.51. The maximum absolute atomic E-state index is 3.73. The van der Waals surface area contributed by atoms with Crippen molar-refractivity contribution in [1.82, 2.24) is 10.2 Å². The van der Waals surface area contributed by atoms with Crippen molar-refractivity contribution in [3.05, 3.63) is 0 Å². The molecule has 1 N–H and O–H groups in total. The van der Waals surface area contributed by atoms with E-state index in [1.54, 1.807) is 0 Å². The van der Waals surface area contributed by atoms with E-state index in [4.69, 9.17) is 0 Å². The van der Waals surface area contributed by atoms with Crippen LogP contribution in [-0.2, 0) is 0 Å². The van der Waals surface area contributed by atoms with Gasteiger partial charge in [-0.25, -0.2) is 0 Å². The van der Waals surface area contributed by atoms with Gasteiger partial charge < -0.3 is 5.32 Å². The van der Waals surface area contributed by atoms with Gasteiger partial charge in [0.2, 0.25) is 0 Å². The summed E-state index contributed by atoms with van der Waals surface area (Å²) in [6.45, 7) is 11.1. The minimum atomic E-state index is 0.754. The van der Waals surface area contributed by atoms with Gasteiger partial charge in [-0.15, -0.1) is 0 Å². The molecule has 1 saturated carbocycles. The standard InChI is InChI=1S/C17H34N2/c1-4-12-19(13-16-9-5-6-11-18-16)17-10-7-8-14(2)15(17)3/h14-18H,4-13H2,1-3H3. The number of piperidine rings is 1. The summed E-state index contributed by atoms with van der Waals surface area (Å²) < 4.78 is 0. The van der Waals surface area contributed by atoms with Gasteiger partial charge in [0.05, 0.1) is 0 Å². The molecule has 0 aromatic rings. The molecule has 1 aliphatic heterocycles. The lowest BCUT2D eigenvalue weighted by Gasteiger charge is -2.43. The zero-order valence-corrected chi connectivity index (χ0v) is 13.3. The molecule has 2 heteroatoms. The highest BCUT2D eigenvalue weighted by atomic mass is 15.2. The van der Waals surface area contributed by atoms with Gasteiger partial charge in [-0.05, 0) is 50.6 Å². The van der Waals surface area contributed by atoms with Gasteiger partial charge in [-0.3, -0.25) is 4.90 Å². The van der Waals surface area contributed by atoms with E-state index in [2.05, 4.69) is 31.0 Å².